The minimum absolute atomic E-state index is 0.280. The molecule has 0 aliphatic carbocycles. The molecule has 0 bridgehead atoms. The number of hydrogen-bond acceptors (Lipinski definition) is 5. The first-order valence-corrected chi connectivity index (χ1v) is 11.1. The summed E-state index contributed by atoms with van der Waals surface area (Å²) in [7, 11) is -4.15. The lowest BCUT2D eigenvalue weighted by molar-refractivity contribution is -0.387. The third-order valence-corrected chi connectivity index (χ3v) is 6.42. The summed E-state index contributed by atoms with van der Waals surface area (Å²) < 4.78 is 28.2. The Labute approximate surface area is 185 Å². The highest BCUT2D eigenvalue weighted by atomic mass is 32.2. The Morgan fingerprint density at radius 2 is 1.50 bits per heavy atom. The van der Waals surface area contributed by atoms with E-state index in [9.17, 15) is 23.3 Å². The Kier molecular flexibility index (Phi) is 6.86. The van der Waals surface area contributed by atoms with Crippen LogP contribution in [-0.4, -0.2) is 19.4 Å². The van der Waals surface area contributed by atoms with Crippen molar-refractivity contribution in [3.63, 3.8) is 0 Å². The first-order chi connectivity index (χ1) is 15.2. The molecule has 32 heavy (non-hydrogen) atoms. The zero-order chi connectivity index (χ0) is 23.3. The van der Waals surface area contributed by atoms with E-state index < -0.39 is 32.7 Å². The molecular formula is C22H22N4O5S. The molecule has 0 spiro atoms. The van der Waals surface area contributed by atoms with Crippen LogP contribution in [-0.2, 0) is 10.0 Å². The topological polar surface area (TPSA) is 130 Å². The smallest absolute Gasteiger partial charge is 0.308 e. The van der Waals surface area contributed by atoms with E-state index in [4.69, 9.17) is 0 Å². The van der Waals surface area contributed by atoms with E-state index in [1.807, 2.05) is 6.07 Å². The summed E-state index contributed by atoms with van der Waals surface area (Å²) in [6.07, 6.45) is 0. The average molecular weight is 455 g/mol. The number of nitro benzene ring substituents is 1. The van der Waals surface area contributed by atoms with Crippen molar-refractivity contribution in [1.82, 2.24) is 4.72 Å². The highest BCUT2D eigenvalue weighted by Gasteiger charge is 2.29. The second kappa shape index (κ2) is 9.58. The number of carbonyl (C=O) groups is 1. The normalized spacial score (nSPS) is 12.1. The Hall–Kier alpha value is -3.76. The quantitative estimate of drug-likeness (QED) is 0.355. The van der Waals surface area contributed by atoms with Gasteiger partial charge in [0.2, 0.25) is 10.0 Å². The van der Waals surface area contributed by atoms with Crippen molar-refractivity contribution in [2.24, 2.45) is 0 Å². The van der Waals surface area contributed by atoms with E-state index in [1.54, 1.807) is 55.5 Å². The number of carbonyl (C=O) groups excluding carboxylic acids is 1. The van der Waals surface area contributed by atoms with Crippen LogP contribution in [0.5, 0.6) is 0 Å². The highest BCUT2D eigenvalue weighted by Crippen LogP contribution is 2.28. The molecule has 0 fully saturated rings. The summed E-state index contributed by atoms with van der Waals surface area (Å²) in [5.74, 6) is 0. The third kappa shape index (κ3) is 5.48. The van der Waals surface area contributed by atoms with Crippen LogP contribution in [0.3, 0.4) is 0 Å². The van der Waals surface area contributed by atoms with Gasteiger partial charge in [0.1, 0.15) is 0 Å². The summed E-state index contributed by atoms with van der Waals surface area (Å²) in [4.78, 5) is 22.3. The van der Waals surface area contributed by atoms with Gasteiger partial charge < -0.3 is 10.6 Å². The van der Waals surface area contributed by atoms with Crippen molar-refractivity contribution in [3.8, 4) is 0 Å². The van der Waals surface area contributed by atoms with Gasteiger partial charge in [0.25, 0.3) is 5.69 Å². The Bertz CT molecular complexity index is 1230. The molecule has 0 saturated heterocycles. The van der Waals surface area contributed by atoms with Gasteiger partial charge in [0.05, 0.1) is 4.92 Å². The van der Waals surface area contributed by atoms with Gasteiger partial charge in [-0.05, 0) is 49.2 Å². The first-order valence-electron chi connectivity index (χ1n) is 9.67. The molecule has 3 rings (SSSR count). The molecule has 0 aromatic heterocycles. The Balaban J connectivity index is 1.70. The minimum Gasteiger partial charge on any atom is -0.308 e. The summed E-state index contributed by atoms with van der Waals surface area (Å²) in [5.41, 5.74) is 1.59. The zero-order valence-corrected chi connectivity index (χ0v) is 18.2. The number of anilines is 2. The van der Waals surface area contributed by atoms with Crippen LogP contribution in [0.2, 0.25) is 0 Å². The van der Waals surface area contributed by atoms with Crippen LogP contribution in [0.1, 0.15) is 24.1 Å². The largest absolute Gasteiger partial charge is 0.323 e. The van der Waals surface area contributed by atoms with E-state index >= 15 is 0 Å². The molecule has 3 N–H and O–H groups in total. The third-order valence-electron chi connectivity index (χ3n) is 4.69. The van der Waals surface area contributed by atoms with Crippen molar-refractivity contribution in [2.45, 2.75) is 24.8 Å². The standard InChI is InChI=1S/C22H22N4O5S/c1-15-7-6-10-20(26(28)29)21(15)32(30,31)25-16(2)17-11-13-19(14-12-17)24-22(27)23-18-8-4-3-5-9-18/h3-14,16,25H,1-2H3,(H2,23,24,27). The van der Waals surface area contributed by atoms with Crippen molar-refractivity contribution in [2.75, 3.05) is 10.6 Å². The first kappa shape index (κ1) is 22.9. The molecule has 3 aromatic carbocycles. The number of nitrogens with zero attached hydrogens (tertiary/aromatic N) is 1. The van der Waals surface area contributed by atoms with E-state index in [0.29, 0.717) is 16.9 Å². The van der Waals surface area contributed by atoms with E-state index in [1.165, 1.54) is 19.1 Å². The molecule has 1 atom stereocenters. The van der Waals surface area contributed by atoms with Gasteiger partial charge in [0, 0.05) is 23.5 Å². The van der Waals surface area contributed by atoms with Crippen LogP contribution in [0.4, 0.5) is 21.9 Å². The maximum absolute atomic E-state index is 12.9. The molecule has 9 nitrogen and oxygen atoms in total. The summed E-state index contributed by atoms with van der Waals surface area (Å²) in [5, 5.41) is 16.7. The van der Waals surface area contributed by atoms with Crippen LogP contribution >= 0.6 is 0 Å². The van der Waals surface area contributed by atoms with Crippen LogP contribution in [0, 0.1) is 17.0 Å². The van der Waals surface area contributed by atoms with Crippen LogP contribution in [0.15, 0.2) is 77.7 Å². The van der Waals surface area contributed by atoms with Gasteiger partial charge in [0.15, 0.2) is 4.90 Å². The summed E-state index contributed by atoms with van der Waals surface area (Å²) in [6.45, 7) is 3.14. The number of nitro groups is 1. The van der Waals surface area contributed by atoms with Gasteiger partial charge in [-0.15, -0.1) is 0 Å². The fourth-order valence-electron chi connectivity index (χ4n) is 3.16. The van der Waals surface area contributed by atoms with Crippen molar-refractivity contribution >= 4 is 33.1 Å². The van der Waals surface area contributed by atoms with E-state index in [0.717, 1.165) is 6.07 Å². The van der Waals surface area contributed by atoms with Gasteiger partial charge >= 0.3 is 6.03 Å². The highest BCUT2D eigenvalue weighted by molar-refractivity contribution is 7.89. The predicted octanol–water partition coefficient (Wildman–Crippen LogP) is 4.59. The molecule has 10 heteroatoms. The van der Waals surface area contributed by atoms with Crippen molar-refractivity contribution in [3.05, 3.63) is 94.0 Å². The molecule has 166 valence electrons. The zero-order valence-electron chi connectivity index (χ0n) is 17.4. The summed E-state index contributed by atoms with van der Waals surface area (Å²) >= 11 is 0. The molecule has 0 aliphatic heterocycles. The second-order valence-corrected chi connectivity index (χ2v) is 8.74. The molecular weight excluding hydrogens is 432 g/mol. The van der Waals surface area contributed by atoms with Crippen LogP contribution < -0.4 is 15.4 Å². The van der Waals surface area contributed by atoms with E-state index in [2.05, 4.69) is 15.4 Å². The maximum Gasteiger partial charge on any atom is 0.323 e. The van der Waals surface area contributed by atoms with Gasteiger partial charge in [-0.1, -0.05) is 42.5 Å². The van der Waals surface area contributed by atoms with Gasteiger partial charge in [-0.2, -0.15) is 0 Å². The fraction of sp³-hybridized carbons (Fsp3) is 0.136. The number of hydrogen-bond donors (Lipinski definition) is 3. The molecule has 1 unspecified atom stereocenters. The Morgan fingerprint density at radius 3 is 2.09 bits per heavy atom. The maximum atomic E-state index is 12.9. The number of aryl methyl sites for hydroxylation is 1. The van der Waals surface area contributed by atoms with Crippen molar-refractivity contribution in [1.29, 1.82) is 0 Å². The predicted molar refractivity (Wildman–Crippen MR) is 122 cm³/mol. The second-order valence-electron chi connectivity index (χ2n) is 7.09. The Morgan fingerprint density at radius 1 is 0.906 bits per heavy atom. The molecule has 0 saturated carbocycles. The number of sulfonamides is 1. The molecule has 0 radical (unpaired) electrons. The molecule has 2 amide bonds. The van der Waals surface area contributed by atoms with E-state index in [-0.39, 0.29) is 10.5 Å². The number of nitrogens with one attached hydrogen (secondary N) is 3. The molecule has 0 aliphatic rings. The van der Waals surface area contributed by atoms with Crippen LogP contribution in [0.25, 0.3) is 0 Å². The SMILES string of the molecule is Cc1cccc([N+](=O)[O-])c1S(=O)(=O)NC(C)c1ccc(NC(=O)Nc2ccccc2)cc1. The average Bonchev–Trinajstić information content (AvgIpc) is 2.74. The number of para-hydroxylation sites is 1. The lowest BCUT2D eigenvalue weighted by Gasteiger charge is -2.16. The summed E-state index contributed by atoms with van der Waals surface area (Å²) in [6, 6.07) is 18.6. The number of amides is 2. The van der Waals surface area contributed by atoms with Gasteiger partial charge in [-0.3, -0.25) is 10.1 Å². The minimum atomic E-state index is -4.15. The van der Waals surface area contributed by atoms with Gasteiger partial charge in [-0.25, -0.2) is 17.9 Å². The molecule has 3 aromatic rings. The number of rotatable bonds is 7. The number of urea groups is 1. The number of benzene rings is 3. The monoisotopic (exact) mass is 454 g/mol. The lowest BCUT2D eigenvalue weighted by Crippen LogP contribution is -2.28. The lowest BCUT2D eigenvalue weighted by atomic mass is 10.1. The fourth-order valence-corrected chi connectivity index (χ4v) is 4.79. The van der Waals surface area contributed by atoms with Crippen molar-refractivity contribution < 1.29 is 18.1 Å². The molecule has 0 heterocycles.